The minimum absolute atomic E-state index is 0.0205. The monoisotopic (exact) mass is 442 g/mol. The van der Waals surface area contributed by atoms with Crippen molar-refractivity contribution in [3.05, 3.63) is 83.9 Å². The van der Waals surface area contributed by atoms with Crippen LogP contribution in [-0.4, -0.2) is 21.8 Å². The Hall–Kier alpha value is -4.00. The molecule has 1 aliphatic rings. The number of carbonyl (C=O) groups excluding carboxylic acids is 2. The molecule has 1 unspecified atom stereocenters. The van der Waals surface area contributed by atoms with Crippen molar-refractivity contribution in [3.63, 3.8) is 0 Å². The molecule has 6 nitrogen and oxygen atoms in total. The SMILES string of the molecule is CC(NC(=O)c1c[nH]c2ccc(-c3ccc(NC(=O)C4CC4)nc3)cc12)c1cccc(F)c1. The number of nitrogens with one attached hydrogen (secondary N) is 3. The summed E-state index contributed by atoms with van der Waals surface area (Å²) in [4.78, 5) is 32.4. The van der Waals surface area contributed by atoms with Crippen LogP contribution in [0.2, 0.25) is 0 Å². The van der Waals surface area contributed by atoms with Crippen LogP contribution in [-0.2, 0) is 4.79 Å². The maximum atomic E-state index is 13.5. The molecule has 2 heterocycles. The van der Waals surface area contributed by atoms with Gasteiger partial charge in [-0.05, 0) is 67.3 Å². The third-order valence-corrected chi connectivity index (χ3v) is 5.92. The highest BCUT2D eigenvalue weighted by molar-refractivity contribution is 6.07. The zero-order valence-corrected chi connectivity index (χ0v) is 18.1. The predicted octanol–water partition coefficient (Wildman–Crippen LogP) is 5.21. The number of H-pyrrole nitrogens is 1. The second-order valence-corrected chi connectivity index (χ2v) is 8.41. The molecule has 0 saturated heterocycles. The minimum atomic E-state index is -0.344. The smallest absolute Gasteiger partial charge is 0.253 e. The fourth-order valence-electron chi connectivity index (χ4n) is 3.83. The summed E-state index contributed by atoms with van der Waals surface area (Å²) in [6, 6.07) is 15.4. The Bertz CT molecular complexity index is 1340. The highest BCUT2D eigenvalue weighted by atomic mass is 19.1. The van der Waals surface area contributed by atoms with E-state index in [4.69, 9.17) is 0 Å². The molecule has 2 amide bonds. The van der Waals surface area contributed by atoms with Gasteiger partial charge >= 0.3 is 0 Å². The standard InChI is InChI=1S/C26H23FN4O2/c1-15(17-3-2-4-20(27)11-17)30-26(33)22-14-28-23-9-7-18(12-21(22)23)19-8-10-24(29-13-19)31-25(32)16-5-6-16/h2-4,7-16,28H,5-6H2,1H3,(H,30,33)(H,29,31,32). The van der Waals surface area contributed by atoms with Crippen molar-refractivity contribution >= 4 is 28.5 Å². The van der Waals surface area contributed by atoms with E-state index in [1.54, 1.807) is 30.6 Å². The van der Waals surface area contributed by atoms with E-state index in [0.29, 0.717) is 16.9 Å². The second kappa shape index (κ2) is 8.50. The molecule has 5 rings (SSSR count). The van der Waals surface area contributed by atoms with Crippen LogP contribution in [0.25, 0.3) is 22.0 Å². The molecule has 2 aromatic heterocycles. The Morgan fingerprint density at radius 1 is 1.09 bits per heavy atom. The summed E-state index contributed by atoms with van der Waals surface area (Å²) < 4.78 is 13.5. The Morgan fingerprint density at radius 2 is 1.91 bits per heavy atom. The zero-order valence-electron chi connectivity index (χ0n) is 18.1. The van der Waals surface area contributed by atoms with Crippen molar-refractivity contribution in [2.24, 2.45) is 5.92 Å². The lowest BCUT2D eigenvalue weighted by molar-refractivity contribution is -0.117. The summed E-state index contributed by atoms with van der Waals surface area (Å²) in [7, 11) is 0. The van der Waals surface area contributed by atoms with Crippen molar-refractivity contribution in [1.82, 2.24) is 15.3 Å². The summed E-state index contributed by atoms with van der Waals surface area (Å²) in [5.41, 5.74) is 3.83. The van der Waals surface area contributed by atoms with E-state index in [1.807, 2.05) is 31.2 Å². The summed E-state index contributed by atoms with van der Waals surface area (Å²) >= 11 is 0. The molecular formula is C26H23FN4O2. The van der Waals surface area contributed by atoms with Gasteiger partial charge in [-0.1, -0.05) is 18.2 Å². The quantitative estimate of drug-likeness (QED) is 0.383. The summed E-state index contributed by atoms with van der Waals surface area (Å²) in [6.07, 6.45) is 5.27. The lowest BCUT2D eigenvalue weighted by Gasteiger charge is -2.14. The van der Waals surface area contributed by atoms with Crippen molar-refractivity contribution in [3.8, 4) is 11.1 Å². The third kappa shape index (κ3) is 4.48. The van der Waals surface area contributed by atoms with E-state index in [9.17, 15) is 14.0 Å². The van der Waals surface area contributed by atoms with Crippen LogP contribution in [0, 0.1) is 11.7 Å². The number of fused-ring (bicyclic) bond motifs is 1. The number of pyridine rings is 1. The van der Waals surface area contributed by atoms with Crippen LogP contribution in [0.4, 0.5) is 10.2 Å². The van der Waals surface area contributed by atoms with Crippen molar-refractivity contribution < 1.29 is 14.0 Å². The van der Waals surface area contributed by atoms with E-state index in [2.05, 4.69) is 20.6 Å². The average Bonchev–Trinajstić information content (AvgIpc) is 3.58. The van der Waals surface area contributed by atoms with Gasteiger partial charge in [0.25, 0.3) is 5.91 Å². The van der Waals surface area contributed by atoms with Gasteiger partial charge < -0.3 is 15.6 Å². The molecule has 1 saturated carbocycles. The first kappa shape index (κ1) is 20.9. The molecule has 7 heteroatoms. The first-order chi connectivity index (χ1) is 16.0. The summed E-state index contributed by atoms with van der Waals surface area (Å²) in [6.45, 7) is 1.82. The summed E-state index contributed by atoms with van der Waals surface area (Å²) in [5, 5.41) is 6.55. The molecule has 1 aliphatic carbocycles. The maximum absolute atomic E-state index is 13.5. The molecule has 3 N–H and O–H groups in total. The molecule has 1 fully saturated rings. The molecule has 2 aromatic carbocycles. The van der Waals surface area contributed by atoms with Crippen LogP contribution < -0.4 is 10.6 Å². The number of aromatic amines is 1. The highest BCUT2D eigenvalue weighted by Crippen LogP contribution is 2.30. The predicted molar refractivity (Wildman–Crippen MR) is 125 cm³/mol. The minimum Gasteiger partial charge on any atom is -0.360 e. The number of hydrogen-bond acceptors (Lipinski definition) is 3. The topological polar surface area (TPSA) is 86.9 Å². The van der Waals surface area contributed by atoms with Crippen LogP contribution in [0.1, 0.15) is 41.7 Å². The van der Waals surface area contributed by atoms with Gasteiger partial charge in [-0.15, -0.1) is 0 Å². The average molecular weight is 442 g/mol. The maximum Gasteiger partial charge on any atom is 0.253 e. The zero-order chi connectivity index (χ0) is 22.9. The lowest BCUT2D eigenvalue weighted by Crippen LogP contribution is -2.26. The number of benzene rings is 2. The van der Waals surface area contributed by atoms with Gasteiger partial charge in [0.2, 0.25) is 5.91 Å². The Kier molecular flexibility index (Phi) is 5.38. The normalized spacial score (nSPS) is 14.1. The molecule has 0 spiro atoms. The number of aromatic nitrogens is 2. The van der Waals surface area contributed by atoms with Gasteiger partial charge in [0.1, 0.15) is 11.6 Å². The van der Waals surface area contributed by atoms with Gasteiger partial charge in [0.15, 0.2) is 0 Å². The molecule has 4 aromatic rings. The van der Waals surface area contributed by atoms with E-state index in [1.165, 1.54) is 12.1 Å². The molecule has 1 atom stereocenters. The van der Waals surface area contributed by atoms with Gasteiger partial charge in [0.05, 0.1) is 11.6 Å². The molecular weight excluding hydrogens is 419 g/mol. The Labute approximate surface area is 190 Å². The number of amides is 2. The number of halogens is 1. The fraction of sp³-hybridized carbons (Fsp3) is 0.192. The van der Waals surface area contributed by atoms with Crippen molar-refractivity contribution in [2.45, 2.75) is 25.8 Å². The van der Waals surface area contributed by atoms with Gasteiger partial charge in [-0.3, -0.25) is 9.59 Å². The van der Waals surface area contributed by atoms with E-state index < -0.39 is 0 Å². The van der Waals surface area contributed by atoms with Gasteiger partial charge in [-0.25, -0.2) is 9.37 Å². The Morgan fingerprint density at radius 3 is 2.64 bits per heavy atom. The number of rotatable bonds is 6. The van der Waals surface area contributed by atoms with Crippen LogP contribution in [0.15, 0.2) is 67.0 Å². The van der Waals surface area contributed by atoms with Crippen LogP contribution in [0.5, 0.6) is 0 Å². The number of anilines is 1. The van der Waals surface area contributed by atoms with Gasteiger partial charge in [0, 0.05) is 34.8 Å². The van der Waals surface area contributed by atoms with Crippen LogP contribution in [0.3, 0.4) is 0 Å². The molecule has 0 bridgehead atoms. The Balaban J connectivity index is 1.36. The summed E-state index contributed by atoms with van der Waals surface area (Å²) in [5.74, 6) is 0.0936. The molecule has 0 aliphatic heterocycles. The lowest BCUT2D eigenvalue weighted by atomic mass is 10.0. The number of hydrogen-bond donors (Lipinski definition) is 3. The van der Waals surface area contributed by atoms with Gasteiger partial charge in [-0.2, -0.15) is 0 Å². The number of nitrogens with zero attached hydrogens (tertiary/aromatic N) is 1. The van der Waals surface area contributed by atoms with E-state index in [0.717, 1.165) is 34.9 Å². The van der Waals surface area contributed by atoms with Crippen molar-refractivity contribution in [2.75, 3.05) is 5.32 Å². The number of carbonyl (C=O) groups is 2. The first-order valence-electron chi connectivity index (χ1n) is 10.9. The fourth-order valence-corrected chi connectivity index (χ4v) is 3.83. The highest BCUT2D eigenvalue weighted by Gasteiger charge is 2.29. The van der Waals surface area contributed by atoms with E-state index in [-0.39, 0.29) is 29.6 Å². The first-order valence-corrected chi connectivity index (χ1v) is 10.9. The van der Waals surface area contributed by atoms with E-state index >= 15 is 0 Å². The largest absolute Gasteiger partial charge is 0.360 e. The van der Waals surface area contributed by atoms with Crippen LogP contribution >= 0.6 is 0 Å². The second-order valence-electron chi connectivity index (χ2n) is 8.41. The molecule has 0 radical (unpaired) electrons. The molecule has 33 heavy (non-hydrogen) atoms. The van der Waals surface area contributed by atoms with Crippen molar-refractivity contribution in [1.29, 1.82) is 0 Å². The molecule has 166 valence electrons. The third-order valence-electron chi connectivity index (χ3n) is 5.92.